The highest BCUT2D eigenvalue weighted by Crippen LogP contribution is 2.54. The minimum Gasteiger partial charge on any atom is -0.380 e. The molecular weight excluding hydrogens is 358 g/mol. The summed E-state index contributed by atoms with van der Waals surface area (Å²) in [6, 6.07) is 2.30. The first-order valence-electron chi connectivity index (χ1n) is 9.53. The number of likely N-dealkylation sites (tertiary alicyclic amines) is 1. The van der Waals surface area contributed by atoms with E-state index in [2.05, 4.69) is 14.3 Å². The highest BCUT2D eigenvalue weighted by Gasteiger charge is 2.56. The van der Waals surface area contributed by atoms with Crippen molar-refractivity contribution in [1.29, 1.82) is 0 Å². The van der Waals surface area contributed by atoms with Gasteiger partial charge in [0.1, 0.15) is 10.7 Å². The third-order valence-corrected chi connectivity index (χ3v) is 8.02. The Morgan fingerprint density at radius 1 is 1.19 bits per heavy atom. The summed E-state index contributed by atoms with van der Waals surface area (Å²) in [5.41, 5.74) is 0.916. The van der Waals surface area contributed by atoms with Crippen molar-refractivity contribution < 1.29 is 13.5 Å². The molecule has 0 aromatic carbocycles. The van der Waals surface area contributed by atoms with Gasteiger partial charge in [0.25, 0.3) is 6.43 Å². The van der Waals surface area contributed by atoms with E-state index in [4.69, 9.17) is 4.74 Å². The minimum atomic E-state index is -2.50. The summed E-state index contributed by atoms with van der Waals surface area (Å²) in [7, 11) is 1.74. The third kappa shape index (κ3) is 2.89. The Balaban J connectivity index is 1.10. The van der Waals surface area contributed by atoms with Gasteiger partial charge in [0.05, 0.1) is 13.2 Å². The minimum absolute atomic E-state index is 0.130. The van der Waals surface area contributed by atoms with Crippen LogP contribution in [0.1, 0.15) is 37.8 Å². The Morgan fingerprint density at radius 3 is 2.42 bits per heavy atom. The van der Waals surface area contributed by atoms with Crippen LogP contribution < -0.4 is 0 Å². The number of hydrogen-bond acceptors (Lipinski definition) is 5. The number of ether oxygens (including phenoxy) is 1. The molecule has 8 heteroatoms. The number of rotatable bonds is 4. The zero-order chi connectivity index (χ0) is 17.9. The van der Waals surface area contributed by atoms with Crippen molar-refractivity contribution in [2.45, 2.75) is 43.2 Å². The number of alkyl halides is 2. The first-order chi connectivity index (χ1) is 12.5. The molecule has 5 nitrogen and oxygen atoms in total. The number of aryl methyl sites for hydroxylation is 1. The maximum absolute atomic E-state index is 12.8. The molecule has 4 aliphatic rings. The summed E-state index contributed by atoms with van der Waals surface area (Å²) < 4.78 is 34.8. The van der Waals surface area contributed by atoms with E-state index in [1.54, 1.807) is 23.7 Å². The maximum Gasteiger partial charge on any atom is 0.282 e. The van der Waals surface area contributed by atoms with Crippen LogP contribution in [0, 0.1) is 10.8 Å². The second-order valence-corrected chi connectivity index (χ2v) is 9.93. The maximum atomic E-state index is 12.8. The van der Waals surface area contributed by atoms with E-state index in [1.807, 2.05) is 0 Å². The van der Waals surface area contributed by atoms with E-state index in [0.717, 1.165) is 37.4 Å². The zero-order valence-electron chi connectivity index (χ0n) is 15.2. The summed E-state index contributed by atoms with van der Waals surface area (Å²) in [4.78, 5) is 2.66. The predicted molar refractivity (Wildman–Crippen MR) is 95.1 cm³/mol. The van der Waals surface area contributed by atoms with Crippen LogP contribution in [0.4, 0.5) is 8.78 Å². The van der Waals surface area contributed by atoms with E-state index in [1.165, 1.54) is 44.8 Å². The van der Waals surface area contributed by atoms with Gasteiger partial charge in [0.2, 0.25) is 0 Å². The summed E-state index contributed by atoms with van der Waals surface area (Å²) in [6.45, 7) is 6.48. The van der Waals surface area contributed by atoms with Gasteiger partial charge in [-0.1, -0.05) is 0 Å². The molecule has 5 rings (SSSR count). The zero-order valence-corrected chi connectivity index (χ0v) is 16.0. The molecule has 144 valence electrons. The lowest BCUT2D eigenvalue weighted by molar-refractivity contribution is -0.215. The van der Waals surface area contributed by atoms with Gasteiger partial charge in [-0.25, -0.2) is 13.1 Å². The molecule has 3 saturated heterocycles. The smallest absolute Gasteiger partial charge is 0.282 e. The fourth-order valence-corrected chi connectivity index (χ4v) is 6.06. The van der Waals surface area contributed by atoms with Crippen LogP contribution in [-0.2, 0) is 11.8 Å². The molecule has 0 unspecified atom stereocenters. The standard InChI is InChI=1S/C18H26F2N4OS/c1-22-15(6-14(21-22)16(19)20)26-24-4-2-17(3-5-24)7-13(8-17)23-9-18(10-23)11-25-12-18/h6,13,16H,2-5,7-12H2,1H3. The number of piperidine rings is 1. The van der Waals surface area contributed by atoms with E-state index >= 15 is 0 Å². The number of hydrogen-bond donors (Lipinski definition) is 0. The van der Waals surface area contributed by atoms with Crippen molar-refractivity contribution in [3.8, 4) is 0 Å². The Labute approximate surface area is 157 Å². The normalized spacial score (nSPS) is 28.3. The SMILES string of the molecule is Cn1nc(C(F)F)cc1SN1CCC2(CC1)CC(N1CC3(COC3)C1)C2. The molecule has 0 N–H and O–H groups in total. The molecule has 1 saturated carbocycles. The van der Waals surface area contributed by atoms with Crippen molar-refractivity contribution >= 4 is 11.9 Å². The number of halogens is 2. The first kappa shape index (κ1) is 17.4. The highest BCUT2D eigenvalue weighted by molar-refractivity contribution is 7.97. The molecule has 0 bridgehead atoms. The first-order valence-corrected chi connectivity index (χ1v) is 10.3. The van der Waals surface area contributed by atoms with Gasteiger partial charge in [-0.05, 0) is 43.0 Å². The van der Waals surface area contributed by atoms with Crippen LogP contribution in [0.5, 0.6) is 0 Å². The molecule has 3 aliphatic heterocycles. The molecule has 26 heavy (non-hydrogen) atoms. The molecule has 4 heterocycles. The second-order valence-electron chi connectivity index (χ2n) is 8.81. The molecular formula is C18H26F2N4OS. The number of aromatic nitrogens is 2. The van der Waals surface area contributed by atoms with Gasteiger partial charge in [-0.3, -0.25) is 9.58 Å². The molecule has 1 aromatic heterocycles. The average Bonchev–Trinajstić information content (AvgIpc) is 2.86. The lowest BCUT2D eigenvalue weighted by Crippen LogP contribution is -2.70. The lowest BCUT2D eigenvalue weighted by atomic mass is 9.59. The summed E-state index contributed by atoms with van der Waals surface area (Å²) in [5, 5.41) is 4.71. The second kappa shape index (κ2) is 6.15. The van der Waals surface area contributed by atoms with Gasteiger partial charge >= 0.3 is 0 Å². The van der Waals surface area contributed by atoms with E-state index in [-0.39, 0.29) is 5.69 Å². The van der Waals surface area contributed by atoms with Crippen LogP contribution in [0.15, 0.2) is 11.1 Å². The number of nitrogens with zero attached hydrogens (tertiary/aromatic N) is 4. The Bertz CT molecular complexity index is 669. The Kier molecular flexibility index (Phi) is 4.12. The molecule has 0 radical (unpaired) electrons. The molecule has 2 spiro atoms. The van der Waals surface area contributed by atoms with E-state index in [0.29, 0.717) is 10.8 Å². The molecule has 1 aliphatic carbocycles. The van der Waals surface area contributed by atoms with Gasteiger partial charge in [0.15, 0.2) is 0 Å². The molecule has 0 amide bonds. The van der Waals surface area contributed by atoms with Gasteiger partial charge in [0, 0.05) is 50.7 Å². The molecule has 1 aromatic rings. The van der Waals surface area contributed by atoms with Gasteiger partial charge in [-0.2, -0.15) is 5.10 Å². The quantitative estimate of drug-likeness (QED) is 0.746. The van der Waals surface area contributed by atoms with Gasteiger partial charge in [-0.15, -0.1) is 0 Å². The van der Waals surface area contributed by atoms with Crippen LogP contribution in [0.25, 0.3) is 0 Å². The van der Waals surface area contributed by atoms with Crippen LogP contribution in [0.3, 0.4) is 0 Å². The average molecular weight is 384 g/mol. The van der Waals surface area contributed by atoms with Crippen LogP contribution in [-0.4, -0.2) is 64.4 Å². The van der Waals surface area contributed by atoms with Crippen molar-refractivity contribution in [2.75, 3.05) is 39.4 Å². The van der Waals surface area contributed by atoms with Crippen molar-refractivity contribution in [2.24, 2.45) is 17.9 Å². The lowest BCUT2D eigenvalue weighted by Gasteiger charge is -2.63. The predicted octanol–water partition coefficient (Wildman–Crippen LogP) is 2.94. The fraction of sp³-hybridized carbons (Fsp3) is 0.833. The topological polar surface area (TPSA) is 33.5 Å². The molecule has 4 fully saturated rings. The van der Waals surface area contributed by atoms with E-state index < -0.39 is 6.43 Å². The van der Waals surface area contributed by atoms with Crippen molar-refractivity contribution in [1.82, 2.24) is 19.0 Å². The van der Waals surface area contributed by atoms with Crippen LogP contribution in [0.2, 0.25) is 0 Å². The Hall–Kier alpha value is -0.700. The van der Waals surface area contributed by atoms with Crippen molar-refractivity contribution in [3.05, 3.63) is 11.8 Å². The van der Waals surface area contributed by atoms with E-state index in [9.17, 15) is 8.78 Å². The summed E-state index contributed by atoms with van der Waals surface area (Å²) in [5.74, 6) is 0. The monoisotopic (exact) mass is 384 g/mol. The largest absolute Gasteiger partial charge is 0.380 e. The van der Waals surface area contributed by atoms with Crippen molar-refractivity contribution in [3.63, 3.8) is 0 Å². The summed E-state index contributed by atoms with van der Waals surface area (Å²) in [6.07, 6.45) is 2.61. The fourth-order valence-electron chi connectivity index (χ4n) is 5.10. The third-order valence-electron chi connectivity index (χ3n) is 6.83. The Morgan fingerprint density at radius 2 is 1.88 bits per heavy atom. The highest BCUT2D eigenvalue weighted by atomic mass is 32.2. The summed E-state index contributed by atoms with van der Waals surface area (Å²) >= 11 is 1.57. The van der Waals surface area contributed by atoms with Crippen LogP contribution >= 0.6 is 11.9 Å². The van der Waals surface area contributed by atoms with Gasteiger partial charge < -0.3 is 4.74 Å². The molecule has 0 atom stereocenters.